The number of aromatic nitrogens is 2. The first-order chi connectivity index (χ1) is 12.9. The van der Waals surface area contributed by atoms with Crippen LogP contribution in [0.3, 0.4) is 0 Å². The van der Waals surface area contributed by atoms with Gasteiger partial charge >= 0.3 is 6.18 Å². The maximum Gasteiger partial charge on any atom is 0.405 e. The van der Waals surface area contributed by atoms with Gasteiger partial charge in [-0.15, -0.1) is 0 Å². The summed E-state index contributed by atoms with van der Waals surface area (Å²) in [5, 5.41) is 6.30. The number of nitrogens with one attached hydrogen (secondary N) is 1. The van der Waals surface area contributed by atoms with Crippen molar-refractivity contribution in [3.63, 3.8) is 0 Å². The number of alkyl halides is 3. The highest BCUT2D eigenvalue weighted by Gasteiger charge is 2.29. The third kappa shape index (κ3) is 4.46. The lowest BCUT2D eigenvalue weighted by molar-refractivity contribution is -0.123. The molecule has 0 saturated heterocycles. The average molecular weight is 375 g/mol. The SMILES string of the molecule is COc1cccc(-c2nn(-c3ccccc3)cc2C(=O)NCC(F)(F)F)c1. The molecule has 0 aliphatic rings. The van der Waals surface area contributed by atoms with Gasteiger partial charge in [-0.2, -0.15) is 18.3 Å². The van der Waals surface area contributed by atoms with Crippen LogP contribution in [0, 0.1) is 0 Å². The van der Waals surface area contributed by atoms with Gasteiger partial charge in [-0.05, 0) is 24.3 Å². The molecule has 0 atom stereocenters. The molecule has 0 bridgehead atoms. The molecule has 5 nitrogen and oxygen atoms in total. The first-order valence-corrected chi connectivity index (χ1v) is 8.02. The van der Waals surface area contributed by atoms with Crippen molar-refractivity contribution in [2.75, 3.05) is 13.7 Å². The Bertz CT molecular complexity index is 937. The monoisotopic (exact) mass is 375 g/mol. The molecule has 2 aromatic carbocycles. The Labute approximate surface area is 153 Å². The van der Waals surface area contributed by atoms with Crippen molar-refractivity contribution in [1.29, 1.82) is 0 Å². The van der Waals surface area contributed by atoms with E-state index in [1.807, 2.05) is 11.4 Å². The van der Waals surface area contributed by atoms with Crippen molar-refractivity contribution >= 4 is 5.91 Å². The van der Waals surface area contributed by atoms with E-state index < -0.39 is 18.6 Å². The van der Waals surface area contributed by atoms with Gasteiger partial charge in [0.15, 0.2) is 0 Å². The second-order valence-electron chi connectivity index (χ2n) is 5.70. The molecule has 27 heavy (non-hydrogen) atoms. The van der Waals surface area contributed by atoms with E-state index in [9.17, 15) is 18.0 Å². The molecule has 1 heterocycles. The largest absolute Gasteiger partial charge is 0.497 e. The number of carbonyl (C=O) groups excluding carboxylic acids is 1. The molecule has 0 saturated carbocycles. The lowest BCUT2D eigenvalue weighted by atomic mass is 10.1. The van der Waals surface area contributed by atoms with E-state index in [0.29, 0.717) is 17.0 Å². The molecule has 0 fully saturated rings. The highest BCUT2D eigenvalue weighted by molar-refractivity contribution is 6.00. The van der Waals surface area contributed by atoms with E-state index in [2.05, 4.69) is 5.10 Å². The molecule has 0 spiro atoms. The van der Waals surface area contributed by atoms with Gasteiger partial charge in [0, 0.05) is 11.8 Å². The fourth-order valence-electron chi connectivity index (χ4n) is 2.51. The topological polar surface area (TPSA) is 56.2 Å². The molecular formula is C19H16F3N3O2. The normalized spacial score (nSPS) is 11.3. The van der Waals surface area contributed by atoms with Crippen LogP contribution in [0.2, 0.25) is 0 Å². The van der Waals surface area contributed by atoms with E-state index >= 15 is 0 Å². The zero-order chi connectivity index (χ0) is 19.4. The smallest absolute Gasteiger partial charge is 0.405 e. The Morgan fingerprint density at radius 1 is 1.15 bits per heavy atom. The number of hydrogen-bond donors (Lipinski definition) is 1. The standard InChI is InChI=1S/C19H16F3N3O2/c1-27-15-9-5-6-13(10-15)17-16(18(26)23-12-19(20,21)22)11-25(24-17)14-7-3-2-4-8-14/h2-11H,12H2,1H3,(H,23,26). The van der Waals surface area contributed by atoms with Gasteiger partial charge in [0.2, 0.25) is 0 Å². The maximum absolute atomic E-state index is 12.5. The predicted molar refractivity (Wildman–Crippen MR) is 93.9 cm³/mol. The number of ether oxygens (including phenoxy) is 1. The van der Waals surface area contributed by atoms with E-state index in [1.54, 1.807) is 48.5 Å². The van der Waals surface area contributed by atoms with Crippen molar-refractivity contribution in [2.45, 2.75) is 6.18 Å². The van der Waals surface area contributed by atoms with Crippen molar-refractivity contribution in [1.82, 2.24) is 15.1 Å². The van der Waals surface area contributed by atoms with Crippen molar-refractivity contribution in [2.24, 2.45) is 0 Å². The fraction of sp³-hybridized carbons (Fsp3) is 0.158. The number of halogens is 3. The van der Waals surface area contributed by atoms with E-state index in [0.717, 1.165) is 0 Å². The van der Waals surface area contributed by atoms with Crippen LogP contribution in [0.15, 0.2) is 60.8 Å². The lowest BCUT2D eigenvalue weighted by Gasteiger charge is -2.08. The molecule has 0 aliphatic carbocycles. The molecule has 1 N–H and O–H groups in total. The van der Waals surface area contributed by atoms with Crippen molar-refractivity contribution in [3.8, 4) is 22.7 Å². The third-order valence-corrected chi connectivity index (χ3v) is 3.77. The van der Waals surface area contributed by atoms with Crippen LogP contribution < -0.4 is 10.1 Å². The summed E-state index contributed by atoms with van der Waals surface area (Å²) in [7, 11) is 1.50. The zero-order valence-electron chi connectivity index (χ0n) is 14.3. The number of hydrogen-bond acceptors (Lipinski definition) is 3. The van der Waals surface area contributed by atoms with Gasteiger partial charge in [-0.1, -0.05) is 30.3 Å². The van der Waals surface area contributed by atoms with E-state index in [-0.39, 0.29) is 11.3 Å². The number of benzene rings is 2. The Morgan fingerprint density at radius 2 is 1.89 bits per heavy atom. The summed E-state index contributed by atoms with van der Waals surface area (Å²) in [5.41, 5.74) is 1.53. The highest BCUT2D eigenvalue weighted by atomic mass is 19.4. The molecule has 3 aromatic rings. The molecule has 140 valence electrons. The lowest BCUT2D eigenvalue weighted by Crippen LogP contribution is -2.33. The van der Waals surface area contributed by atoms with Gasteiger partial charge in [-0.3, -0.25) is 4.79 Å². The summed E-state index contributed by atoms with van der Waals surface area (Å²) in [6, 6.07) is 15.8. The molecule has 1 aromatic heterocycles. The molecule has 0 aliphatic heterocycles. The average Bonchev–Trinajstić information content (AvgIpc) is 3.12. The van der Waals surface area contributed by atoms with Crippen molar-refractivity contribution in [3.05, 3.63) is 66.4 Å². The molecule has 8 heteroatoms. The maximum atomic E-state index is 12.5. The number of amides is 1. The summed E-state index contributed by atoms with van der Waals surface area (Å²) < 4.78 is 44.0. The summed E-state index contributed by atoms with van der Waals surface area (Å²) >= 11 is 0. The Morgan fingerprint density at radius 3 is 2.56 bits per heavy atom. The van der Waals surface area contributed by atoms with Gasteiger partial charge < -0.3 is 10.1 Å². The van der Waals surface area contributed by atoms with E-state index in [4.69, 9.17) is 4.74 Å². The zero-order valence-corrected chi connectivity index (χ0v) is 14.3. The number of carbonyl (C=O) groups is 1. The fourth-order valence-corrected chi connectivity index (χ4v) is 2.51. The van der Waals surface area contributed by atoms with Crippen LogP contribution in [0.5, 0.6) is 5.75 Å². The van der Waals surface area contributed by atoms with Crippen LogP contribution in [-0.2, 0) is 0 Å². The van der Waals surface area contributed by atoms with Crippen LogP contribution in [0.1, 0.15) is 10.4 Å². The first kappa shape index (κ1) is 18.5. The minimum absolute atomic E-state index is 0.0383. The highest BCUT2D eigenvalue weighted by Crippen LogP contribution is 2.27. The minimum Gasteiger partial charge on any atom is -0.497 e. The first-order valence-electron chi connectivity index (χ1n) is 8.02. The van der Waals surface area contributed by atoms with Crippen LogP contribution >= 0.6 is 0 Å². The Balaban J connectivity index is 2.04. The molecule has 0 unspecified atom stereocenters. The second-order valence-corrected chi connectivity index (χ2v) is 5.70. The number of rotatable bonds is 5. The van der Waals surface area contributed by atoms with Gasteiger partial charge in [0.05, 0.1) is 18.4 Å². The van der Waals surface area contributed by atoms with Crippen LogP contribution in [0.4, 0.5) is 13.2 Å². The number of nitrogens with zero attached hydrogens (tertiary/aromatic N) is 2. The molecule has 1 amide bonds. The summed E-state index contributed by atoms with van der Waals surface area (Å²) in [4.78, 5) is 12.4. The van der Waals surface area contributed by atoms with E-state index in [1.165, 1.54) is 18.0 Å². The van der Waals surface area contributed by atoms with Gasteiger partial charge in [-0.25, -0.2) is 4.68 Å². The second kappa shape index (κ2) is 7.53. The van der Waals surface area contributed by atoms with Crippen LogP contribution in [0.25, 0.3) is 16.9 Å². The number of para-hydroxylation sites is 1. The molecule has 3 rings (SSSR count). The summed E-state index contributed by atoms with van der Waals surface area (Å²) in [5.74, 6) is -0.310. The molecular weight excluding hydrogens is 359 g/mol. The van der Waals surface area contributed by atoms with Crippen LogP contribution in [-0.4, -0.2) is 35.5 Å². The third-order valence-electron chi connectivity index (χ3n) is 3.77. The van der Waals surface area contributed by atoms with Gasteiger partial charge in [0.25, 0.3) is 5.91 Å². The Kier molecular flexibility index (Phi) is 5.16. The quantitative estimate of drug-likeness (QED) is 0.737. The number of methoxy groups -OCH3 is 1. The predicted octanol–water partition coefficient (Wildman–Crippen LogP) is 3.84. The molecule has 0 radical (unpaired) electrons. The summed E-state index contributed by atoms with van der Waals surface area (Å²) in [6.07, 6.45) is -3.09. The minimum atomic E-state index is -4.50. The van der Waals surface area contributed by atoms with Crippen molar-refractivity contribution < 1.29 is 22.7 Å². The summed E-state index contributed by atoms with van der Waals surface area (Å²) in [6.45, 7) is -1.42. The van der Waals surface area contributed by atoms with Gasteiger partial charge in [0.1, 0.15) is 18.0 Å². The Hall–Kier alpha value is -3.29.